The molecule has 276 valence electrons. The molecule has 2 aliphatic carbocycles. The van der Waals surface area contributed by atoms with Crippen LogP contribution in [0.2, 0.25) is 0 Å². The normalized spacial score (nSPS) is 26.3. The number of esters is 1. The molecule has 0 spiro atoms. The summed E-state index contributed by atoms with van der Waals surface area (Å²) in [6, 6.07) is 5.82. The van der Waals surface area contributed by atoms with Gasteiger partial charge >= 0.3 is 12.1 Å². The second-order valence-corrected chi connectivity index (χ2v) is 15.1. The van der Waals surface area contributed by atoms with Crippen LogP contribution in [-0.4, -0.2) is 79.5 Å². The zero-order valence-electron chi connectivity index (χ0n) is 30.1. The van der Waals surface area contributed by atoms with Crippen LogP contribution < -0.4 is 10.6 Å². The van der Waals surface area contributed by atoms with Crippen molar-refractivity contribution in [3.8, 4) is 0 Å². The Morgan fingerprint density at radius 2 is 1.72 bits per heavy atom. The average molecular weight is 700 g/mol. The van der Waals surface area contributed by atoms with Crippen molar-refractivity contribution in [1.82, 2.24) is 10.2 Å². The van der Waals surface area contributed by atoms with Gasteiger partial charge in [0.25, 0.3) is 0 Å². The number of hydrogen-bond donors (Lipinski definition) is 2. The number of likely N-dealkylation sites (tertiary alicyclic amines) is 1. The number of carbonyl (C=O) groups excluding carboxylic acids is 4. The van der Waals surface area contributed by atoms with Crippen LogP contribution in [0, 0.1) is 23.7 Å². The van der Waals surface area contributed by atoms with Crippen LogP contribution in [-0.2, 0) is 23.8 Å². The number of fused-ring (bicyclic) bond motifs is 1. The number of ether oxygens (including phenoxy) is 3. The zero-order valence-corrected chi connectivity index (χ0v) is 30.1. The van der Waals surface area contributed by atoms with Crippen LogP contribution in [0.1, 0.15) is 102 Å². The van der Waals surface area contributed by atoms with Crippen LogP contribution >= 0.6 is 0 Å². The molecule has 1 aromatic heterocycles. The van der Waals surface area contributed by atoms with Gasteiger partial charge in [0.15, 0.2) is 0 Å². The van der Waals surface area contributed by atoms with E-state index in [9.17, 15) is 23.6 Å². The summed E-state index contributed by atoms with van der Waals surface area (Å²) >= 11 is 0. The minimum absolute atomic E-state index is 0.0109. The van der Waals surface area contributed by atoms with E-state index in [0.717, 1.165) is 32.1 Å². The first-order chi connectivity index (χ1) is 23.9. The van der Waals surface area contributed by atoms with Crippen molar-refractivity contribution in [3.63, 3.8) is 0 Å². The second-order valence-electron chi connectivity index (χ2n) is 15.1. The van der Waals surface area contributed by atoms with Gasteiger partial charge in [-0.25, -0.2) is 9.59 Å². The molecule has 2 N–H and O–H groups in total. The lowest BCUT2D eigenvalue weighted by Gasteiger charge is -2.38. The van der Waals surface area contributed by atoms with Crippen molar-refractivity contribution in [1.29, 1.82) is 0 Å². The Hall–Kier alpha value is -3.67. The molecule has 2 aromatic rings. The minimum atomic E-state index is -0.659. The molecule has 2 heterocycles. The standard InChI is InChI=1S/C38H54FN3O8/c1-6-48-36(45)32-22-26-21-27(13-16-31(26)49-32)40-34(43)33-29(23-11-14-28(47-5)15-12-23)18-20-42(33)35(44)25-9-7-24(8-10-25)30(17-19-39)41-37(46)50-38(2,3)4/h13,16,21-25,28-30,33H,6-12,14-15,17-20H2,1-5H3,(H,40,43)(H,41,46)/t23?,24?,25?,28?,29-,30+,33-/m0/s1. The molecule has 3 aliphatic rings. The number of anilines is 1. The molecule has 2 saturated carbocycles. The lowest BCUT2D eigenvalue weighted by molar-refractivity contribution is -0.142. The molecule has 50 heavy (non-hydrogen) atoms. The monoisotopic (exact) mass is 699 g/mol. The van der Waals surface area contributed by atoms with Gasteiger partial charge in [-0.15, -0.1) is 0 Å². The van der Waals surface area contributed by atoms with Crippen molar-refractivity contribution in [2.24, 2.45) is 23.7 Å². The van der Waals surface area contributed by atoms with Crippen molar-refractivity contribution < 1.29 is 42.2 Å². The lowest BCUT2D eigenvalue weighted by atomic mass is 9.75. The highest BCUT2D eigenvalue weighted by Crippen LogP contribution is 2.42. The number of alkyl carbamates (subject to hydrolysis) is 1. The van der Waals surface area contributed by atoms with Crippen LogP contribution in [0.15, 0.2) is 28.7 Å². The Kier molecular flexibility index (Phi) is 12.5. The first kappa shape index (κ1) is 37.6. The Bertz CT molecular complexity index is 1490. The molecular weight excluding hydrogens is 645 g/mol. The summed E-state index contributed by atoms with van der Waals surface area (Å²) in [5.41, 5.74) is 0.395. The highest BCUT2D eigenvalue weighted by atomic mass is 19.1. The number of nitrogens with zero attached hydrogens (tertiary/aromatic N) is 1. The molecule has 12 heteroatoms. The number of nitrogens with one attached hydrogen (secondary N) is 2. The smallest absolute Gasteiger partial charge is 0.407 e. The SMILES string of the molecule is CCOC(=O)c1cc2cc(NC(=O)[C@@H]3[C@H](C4CCC(OC)CC4)CCN3C(=O)C3CCC([C@@H](CCF)NC(=O)OC(C)(C)C)CC3)ccc2o1. The van der Waals surface area contributed by atoms with Crippen LogP contribution in [0.4, 0.5) is 14.9 Å². The van der Waals surface area contributed by atoms with Crippen molar-refractivity contribution in [3.05, 3.63) is 30.0 Å². The van der Waals surface area contributed by atoms with E-state index in [1.165, 1.54) is 0 Å². The molecule has 0 radical (unpaired) electrons. The largest absolute Gasteiger partial charge is 0.460 e. The van der Waals surface area contributed by atoms with Gasteiger partial charge in [-0.3, -0.25) is 14.0 Å². The second kappa shape index (κ2) is 16.6. The van der Waals surface area contributed by atoms with Crippen molar-refractivity contribution in [2.75, 3.05) is 32.3 Å². The van der Waals surface area contributed by atoms with Gasteiger partial charge in [0.05, 0.1) is 19.4 Å². The van der Waals surface area contributed by atoms with E-state index in [0.29, 0.717) is 54.8 Å². The summed E-state index contributed by atoms with van der Waals surface area (Å²) in [5, 5.41) is 6.61. The number of methoxy groups -OCH3 is 1. The van der Waals surface area contributed by atoms with Crippen LogP contribution in [0.3, 0.4) is 0 Å². The first-order valence-electron chi connectivity index (χ1n) is 18.3. The number of amides is 3. The van der Waals surface area contributed by atoms with E-state index in [-0.39, 0.29) is 60.5 Å². The molecule has 3 amide bonds. The maximum Gasteiger partial charge on any atom is 0.407 e. The highest BCUT2D eigenvalue weighted by Gasteiger charge is 2.47. The number of benzene rings is 1. The van der Waals surface area contributed by atoms with Gasteiger partial charge in [-0.05, 0) is 134 Å². The number of halogens is 1. The summed E-state index contributed by atoms with van der Waals surface area (Å²) < 4.78 is 35.3. The Morgan fingerprint density at radius 3 is 2.36 bits per heavy atom. The summed E-state index contributed by atoms with van der Waals surface area (Å²) in [7, 11) is 1.74. The van der Waals surface area contributed by atoms with Crippen LogP contribution in [0.25, 0.3) is 11.0 Å². The van der Waals surface area contributed by atoms with E-state index < -0.39 is 30.4 Å². The molecular formula is C38H54FN3O8. The third-order valence-corrected chi connectivity index (χ3v) is 10.7. The number of carbonyl (C=O) groups is 4. The maximum absolute atomic E-state index is 14.2. The first-order valence-corrected chi connectivity index (χ1v) is 18.3. The average Bonchev–Trinajstić information content (AvgIpc) is 3.72. The van der Waals surface area contributed by atoms with Gasteiger partial charge in [-0.1, -0.05) is 0 Å². The summed E-state index contributed by atoms with van der Waals surface area (Å²) in [6.45, 7) is 7.27. The van der Waals surface area contributed by atoms with Gasteiger partial charge in [0.2, 0.25) is 17.6 Å². The summed E-state index contributed by atoms with van der Waals surface area (Å²) in [5.74, 6) is -0.582. The molecule has 1 aliphatic heterocycles. The van der Waals surface area contributed by atoms with Crippen molar-refractivity contribution >= 4 is 40.5 Å². The van der Waals surface area contributed by atoms with Crippen LogP contribution in [0.5, 0.6) is 0 Å². The molecule has 0 unspecified atom stereocenters. The molecule has 3 atom stereocenters. The van der Waals surface area contributed by atoms with Gasteiger partial charge in [0.1, 0.15) is 17.2 Å². The Balaban J connectivity index is 1.29. The molecule has 5 rings (SSSR count). The third-order valence-electron chi connectivity index (χ3n) is 10.7. The number of hydrogen-bond acceptors (Lipinski definition) is 8. The summed E-state index contributed by atoms with van der Waals surface area (Å²) in [6.07, 6.45) is 6.92. The van der Waals surface area contributed by atoms with Crippen molar-refractivity contribution in [2.45, 2.75) is 116 Å². The fourth-order valence-corrected chi connectivity index (χ4v) is 8.29. The van der Waals surface area contributed by atoms with E-state index >= 15 is 0 Å². The highest BCUT2D eigenvalue weighted by molar-refractivity contribution is 6.00. The maximum atomic E-state index is 14.2. The van der Waals surface area contributed by atoms with Gasteiger partial charge in [-0.2, -0.15) is 0 Å². The minimum Gasteiger partial charge on any atom is -0.460 e. The molecule has 0 bridgehead atoms. The van der Waals surface area contributed by atoms with E-state index in [1.807, 2.05) is 0 Å². The predicted octanol–water partition coefficient (Wildman–Crippen LogP) is 7.03. The van der Waals surface area contributed by atoms with Gasteiger partial charge in [0, 0.05) is 36.7 Å². The Morgan fingerprint density at radius 1 is 1.00 bits per heavy atom. The lowest BCUT2D eigenvalue weighted by Crippen LogP contribution is -2.50. The quantitative estimate of drug-likeness (QED) is 0.239. The van der Waals surface area contributed by atoms with E-state index in [4.69, 9.17) is 18.6 Å². The Labute approximate surface area is 294 Å². The van der Waals surface area contributed by atoms with E-state index in [1.54, 1.807) is 64.0 Å². The van der Waals surface area contributed by atoms with E-state index in [2.05, 4.69) is 10.6 Å². The van der Waals surface area contributed by atoms with Gasteiger partial charge < -0.3 is 34.2 Å². The molecule has 11 nitrogen and oxygen atoms in total. The predicted molar refractivity (Wildman–Crippen MR) is 186 cm³/mol. The zero-order chi connectivity index (χ0) is 36.0. The molecule has 1 aromatic carbocycles. The molecule has 1 saturated heterocycles. The number of alkyl halides is 1. The number of rotatable bonds is 11. The molecule has 3 fully saturated rings. The fraction of sp³-hybridized carbons (Fsp3) is 0.684. The third kappa shape index (κ3) is 9.16. The fourth-order valence-electron chi connectivity index (χ4n) is 8.29. The number of furan rings is 1. The topological polar surface area (TPSA) is 136 Å². The summed E-state index contributed by atoms with van der Waals surface area (Å²) in [4.78, 5) is 55.0.